The van der Waals surface area contributed by atoms with E-state index in [-0.39, 0.29) is 5.48 Å². The molecule has 0 saturated heterocycles. The van der Waals surface area contributed by atoms with Crippen LogP contribution in [-0.2, 0) is 11.4 Å². The molecule has 0 aliphatic heterocycles. The van der Waals surface area contributed by atoms with E-state index in [4.69, 9.17) is 4.74 Å². The number of aldehydes is 1. The lowest BCUT2D eigenvalue weighted by atomic mass is 10.1. The third-order valence-corrected chi connectivity index (χ3v) is 2.50. The molecule has 0 unspecified atom stereocenters. The summed E-state index contributed by atoms with van der Waals surface area (Å²) in [5, 5.41) is 0. The number of para-hydroxylation sites is 1. The van der Waals surface area contributed by atoms with Gasteiger partial charge in [0.15, 0.2) is 6.29 Å². The van der Waals surface area contributed by atoms with Gasteiger partial charge in [-0.15, -0.1) is 0 Å². The quantitative estimate of drug-likeness (QED) is 0.466. The number of carbonyl (C=O) groups is 2. The number of hydrogen-bond donors (Lipinski definition) is 0. The smallest absolute Gasteiger partial charge is 0.229 e. The summed E-state index contributed by atoms with van der Waals surface area (Å²) in [4.78, 5) is 21.9. The summed E-state index contributed by atoms with van der Waals surface area (Å²) in [7, 11) is 0. The van der Waals surface area contributed by atoms with Gasteiger partial charge in [-0.2, -0.15) is 0 Å². The average molecular weight is 258 g/mol. The van der Waals surface area contributed by atoms with Crippen LogP contribution in [0.5, 0.6) is 5.75 Å². The molecule has 0 aliphatic rings. The predicted octanol–water partition coefficient (Wildman–Crippen LogP) is 1.82. The Morgan fingerprint density at radius 2 is 1.63 bits per heavy atom. The summed E-state index contributed by atoms with van der Waals surface area (Å²) in [6.45, 7) is 0.365. The zero-order valence-electron chi connectivity index (χ0n) is 10.2. The SMILES string of the molecule is O.O=CC(=O)c1ccccc1OCc1ccccc1. The Bertz CT molecular complexity index is 549. The van der Waals surface area contributed by atoms with Crippen molar-refractivity contribution in [2.24, 2.45) is 0 Å². The molecule has 0 aromatic heterocycles. The van der Waals surface area contributed by atoms with Gasteiger partial charge in [0.25, 0.3) is 0 Å². The van der Waals surface area contributed by atoms with Crippen molar-refractivity contribution in [2.75, 3.05) is 0 Å². The summed E-state index contributed by atoms with van der Waals surface area (Å²) >= 11 is 0. The Balaban J connectivity index is 0.00000180. The van der Waals surface area contributed by atoms with E-state index in [0.29, 0.717) is 24.2 Å². The van der Waals surface area contributed by atoms with Crippen molar-refractivity contribution in [3.05, 3.63) is 65.7 Å². The van der Waals surface area contributed by atoms with E-state index < -0.39 is 5.78 Å². The van der Waals surface area contributed by atoms with E-state index in [1.54, 1.807) is 24.3 Å². The number of Topliss-reactive ketones (excluding diaryl/α,β-unsaturated/α-hetero) is 1. The highest BCUT2D eigenvalue weighted by atomic mass is 16.5. The molecule has 2 rings (SSSR count). The van der Waals surface area contributed by atoms with Crippen molar-refractivity contribution in [3.63, 3.8) is 0 Å². The Kier molecular flexibility index (Phi) is 5.44. The maximum absolute atomic E-state index is 11.4. The van der Waals surface area contributed by atoms with Crippen LogP contribution in [0.1, 0.15) is 15.9 Å². The van der Waals surface area contributed by atoms with Crippen LogP contribution in [0.4, 0.5) is 0 Å². The van der Waals surface area contributed by atoms with E-state index in [1.807, 2.05) is 30.3 Å². The molecule has 2 aromatic rings. The maximum atomic E-state index is 11.4. The second-order valence-corrected chi connectivity index (χ2v) is 3.75. The Morgan fingerprint density at radius 3 is 2.32 bits per heavy atom. The number of ketones is 1. The largest absolute Gasteiger partial charge is 0.488 e. The number of ether oxygens (including phenoxy) is 1. The molecule has 0 saturated carbocycles. The summed E-state index contributed by atoms with van der Waals surface area (Å²) in [5.41, 5.74) is 1.30. The lowest BCUT2D eigenvalue weighted by Crippen LogP contribution is -2.04. The molecule has 0 radical (unpaired) electrons. The van der Waals surface area contributed by atoms with Gasteiger partial charge in [0.05, 0.1) is 5.56 Å². The molecule has 0 heterocycles. The van der Waals surface area contributed by atoms with Gasteiger partial charge in [-0.3, -0.25) is 9.59 Å². The minimum atomic E-state index is -0.571. The van der Waals surface area contributed by atoms with Crippen LogP contribution in [0.3, 0.4) is 0 Å². The minimum Gasteiger partial charge on any atom is -0.488 e. The normalized spacial score (nSPS) is 9.26. The molecule has 0 bridgehead atoms. The molecular formula is C15H14O4. The first-order chi connectivity index (χ1) is 8.81. The topological polar surface area (TPSA) is 74.9 Å². The van der Waals surface area contributed by atoms with E-state index in [2.05, 4.69) is 0 Å². The molecule has 2 N–H and O–H groups in total. The van der Waals surface area contributed by atoms with Gasteiger partial charge in [0, 0.05) is 0 Å². The molecule has 0 amide bonds. The predicted molar refractivity (Wildman–Crippen MR) is 71.2 cm³/mol. The third-order valence-electron chi connectivity index (χ3n) is 2.50. The van der Waals surface area contributed by atoms with Crippen LogP contribution in [0.2, 0.25) is 0 Å². The summed E-state index contributed by atoms with van der Waals surface area (Å²) in [6, 6.07) is 16.4. The van der Waals surface area contributed by atoms with Crippen LogP contribution in [0, 0.1) is 0 Å². The lowest BCUT2D eigenvalue weighted by Gasteiger charge is -2.09. The van der Waals surface area contributed by atoms with Gasteiger partial charge in [0.2, 0.25) is 5.78 Å². The highest BCUT2D eigenvalue weighted by Gasteiger charge is 2.10. The first-order valence-corrected chi connectivity index (χ1v) is 5.56. The molecule has 98 valence electrons. The molecule has 0 spiro atoms. The Morgan fingerprint density at radius 1 is 1.00 bits per heavy atom. The Hall–Kier alpha value is -2.46. The molecule has 4 heteroatoms. The fraction of sp³-hybridized carbons (Fsp3) is 0.0667. The van der Waals surface area contributed by atoms with Crippen LogP contribution in [0.25, 0.3) is 0 Å². The Labute approximate surface area is 111 Å². The van der Waals surface area contributed by atoms with E-state index in [1.165, 1.54) is 0 Å². The van der Waals surface area contributed by atoms with Gasteiger partial charge in [0.1, 0.15) is 12.4 Å². The van der Waals surface area contributed by atoms with Crippen molar-refractivity contribution in [3.8, 4) is 5.75 Å². The highest BCUT2D eigenvalue weighted by molar-refractivity contribution is 6.34. The third kappa shape index (κ3) is 3.76. The minimum absolute atomic E-state index is 0. The summed E-state index contributed by atoms with van der Waals surface area (Å²) in [5.74, 6) is -0.142. The summed E-state index contributed by atoms with van der Waals surface area (Å²) in [6.07, 6.45) is 0.296. The molecule has 19 heavy (non-hydrogen) atoms. The van der Waals surface area contributed by atoms with E-state index in [9.17, 15) is 9.59 Å². The zero-order chi connectivity index (χ0) is 12.8. The first-order valence-electron chi connectivity index (χ1n) is 5.56. The monoisotopic (exact) mass is 258 g/mol. The fourth-order valence-corrected chi connectivity index (χ4v) is 1.59. The number of hydrogen-bond acceptors (Lipinski definition) is 3. The first kappa shape index (κ1) is 14.6. The van der Waals surface area contributed by atoms with Gasteiger partial charge < -0.3 is 10.2 Å². The fourth-order valence-electron chi connectivity index (χ4n) is 1.59. The zero-order valence-corrected chi connectivity index (χ0v) is 10.2. The number of rotatable bonds is 5. The maximum Gasteiger partial charge on any atom is 0.229 e. The summed E-state index contributed by atoms with van der Waals surface area (Å²) < 4.78 is 5.57. The number of benzene rings is 2. The van der Waals surface area contributed by atoms with Gasteiger partial charge >= 0.3 is 0 Å². The second kappa shape index (κ2) is 7.08. The molecule has 2 aromatic carbocycles. The second-order valence-electron chi connectivity index (χ2n) is 3.75. The van der Waals surface area contributed by atoms with Crippen LogP contribution in [0.15, 0.2) is 54.6 Å². The number of carbonyl (C=O) groups excluding carboxylic acids is 2. The van der Waals surface area contributed by atoms with Crippen molar-refractivity contribution in [1.29, 1.82) is 0 Å². The van der Waals surface area contributed by atoms with Gasteiger partial charge in [-0.05, 0) is 17.7 Å². The van der Waals surface area contributed by atoms with Crippen LogP contribution >= 0.6 is 0 Å². The van der Waals surface area contributed by atoms with Crippen LogP contribution < -0.4 is 4.74 Å². The lowest BCUT2D eigenvalue weighted by molar-refractivity contribution is -0.104. The van der Waals surface area contributed by atoms with E-state index in [0.717, 1.165) is 5.56 Å². The molecular weight excluding hydrogens is 244 g/mol. The van der Waals surface area contributed by atoms with Crippen LogP contribution in [-0.4, -0.2) is 17.5 Å². The van der Waals surface area contributed by atoms with Crippen molar-refractivity contribution < 1.29 is 19.8 Å². The standard InChI is InChI=1S/C15H12O3.H2O/c16-10-14(17)13-8-4-5-9-15(13)18-11-12-6-2-1-3-7-12;/h1-10H,11H2;1H2. The average Bonchev–Trinajstić information content (AvgIpc) is 2.45. The molecule has 0 atom stereocenters. The molecule has 0 aliphatic carbocycles. The van der Waals surface area contributed by atoms with Crippen molar-refractivity contribution in [1.82, 2.24) is 0 Å². The highest BCUT2D eigenvalue weighted by Crippen LogP contribution is 2.19. The van der Waals surface area contributed by atoms with Gasteiger partial charge in [-0.1, -0.05) is 42.5 Å². The van der Waals surface area contributed by atoms with Gasteiger partial charge in [-0.25, -0.2) is 0 Å². The van der Waals surface area contributed by atoms with Crippen molar-refractivity contribution in [2.45, 2.75) is 6.61 Å². The molecule has 0 fully saturated rings. The van der Waals surface area contributed by atoms with Crippen molar-refractivity contribution >= 4 is 12.1 Å². The van der Waals surface area contributed by atoms with E-state index >= 15 is 0 Å². The molecule has 4 nitrogen and oxygen atoms in total.